The van der Waals surface area contributed by atoms with Crippen LogP contribution >= 0.6 is 0 Å². The van der Waals surface area contributed by atoms with Gasteiger partial charge in [-0.1, -0.05) is 26.8 Å². The number of para-hydroxylation sites is 1. The van der Waals surface area contributed by atoms with Gasteiger partial charge in [-0.05, 0) is 38.3 Å². The Labute approximate surface area is 130 Å². The molecule has 3 heteroatoms. The summed E-state index contributed by atoms with van der Waals surface area (Å²) in [5, 5.41) is 2.40. The minimum Gasteiger partial charge on any atom is -0.493 e. The van der Waals surface area contributed by atoms with Crippen molar-refractivity contribution in [1.29, 1.82) is 0 Å². The van der Waals surface area contributed by atoms with Crippen molar-refractivity contribution in [3.05, 3.63) is 23.8 Å². The van der Waals surface area contributed by atoms with E-state index in [0.29, 0.717) is 12.0 Å². The van der Waals surface area contributed by atoms with Crippen LogP contribution in [0, 0.1) is 5.41 Å². The van der Waals surface area contributed by atoms with E-state index in [2.05, 4.69) is 46.0 Å². The Morgan fingerprint density at radius 2 is 1.76 bits per heavy atom. The molecule has 0 saturated heterocycles. The predicted octanol–water partition coefficient (Wildman–Crippen LogP) is 3.37. The maximum absolute atomic E-state index is 5.78. The molecule has 0 fully saturated rings. The van der Waals surface area contributed by atoms with Crippen LogP contribution in [0.25, 0.3) is 0 Å². The number of benzene rings is 1. The maximum Gasteiger partial charge on any atom is 0.169 e. The summed E-state index contributed by atoms with van der Waals surface area (Å²) in [6.07, 6.45) is 1.16. The lowest BCUT2D eigenvalue weighted by molar-refractivity contribution is -0.737. The lowest BCUT2D eigenvalue weighted by atomic mass is 9.82. The number of methoxy groups -OCH3 is 1. The monoisotopic (exact) mass is 294 g/mol. The van der Waals surface area contributed by atoms with Crippen LogP contribution in [-0.2, 0) is 6.54 Å². The van der Waals surface area contributed by atoms with Gasteiger partial charge in [0.05, 0.1) is 24.8 Å². The summed E-state index contributed by atoms with van der Waals surface area (Å²) in [5.74, 6) is 1.70. The van der Waals surface area contributed by atoms with E-state index in [1.807, 2.05) is 19.1 Å². The fourth-order valence-electron chi connectivity index (χ4n) is 3.02. The normalized spacial score (nSPS) is 12.3. The molecule has 0 spiro atoms. The summed E-state index contributed by atoms with van der Waals surface area (Å²) in [4.78, 5) is 0. The van der Waals surface area contributed by atoms with Crippen LogP contribution in [0.3, 0.4) is 0 Å². The molecule has 1 aromatic carbocycles. The van der Waals surface area contributed by atoms with E-state index < -0.39 is 0 Å². The molecule has 0 radical (unpaired) electrons. The van der Waals surface area contributed by atoms with E-state index in [0.717, 1.165) is 24.5 Å². The average molecular weight is 294 g/mol. The van der Waals surface area contributed by atoms with Gasteiger partial charge in [-0.2, -0.15) is 0 Å². The van der Waals surface area contributed by atoms with Gasteiger partial charge in [0.2, 0.25) is 0 Å². The smallest absolute Gasteiger partial charge is 0.169 e. The SMILES string of the molecule is CCOc1c(C[NH2+]C(C)(C)CC(C)(C)C)cccc1OC. The van der Waals surface area contributed by atoms with Gasteiger partial charge in [0.1, 0.15) is 6.54 Å². The minimum atomic E-state index is 0.199. The van der Waals surface area contributed by atoms with Crippen LogP contribution in [0.5, 0.6) is 11.5 Å². The molecule has 0 unspecified atom stereocenters. The molecule has 21 heavy (non-hydrogen) atoms. The number of nitrogens with two attached hydrogens (primary N) is 1. The molecular formula is C18H32NO2+. The lowest BCUT2D eigenvalue weighted by Gasteiger charge is -2.30. The summed E-state index contributed by atoms with van der Waals surface area (Å²) in [5.41, 5.74) is 1.72. The predicted molar refractivity (Wildman–Crippen MR) is 87.9 cm³/mol. The summed E-state index contributed by atoms with van der Waals surface area (Å²) < 4.78 is 11.2. The van der Waals surface area contributed by atoms with E-state index >= 15 is 0 Å². The van der Waals surface area contributed by atoms with Crippen molar-refractivity contribution in [3.63, 3.8) is 0 Å². The van der Waals surface area contributed by atoms with Crippen LogP contribution in [0.15, 0.2) is 18.2 Å². The molecule has 0 bridgehead atoms. The number of rotatable bonds is 7. The van der Waals surface area contributed by atoms with Gasteiger partial charge in [0.15, 0.2) is 11.5 Å². The van der Waals surface area contributed by atoms with Gasteiger partial charge in [-0.3, -0.25) is 0 Å². The molecule has 3 nitrogen and oxygen atoms in total. The first kappa shape index (κ1) is 17.8. The standard InChI is InChI=1S/C18H31NO2/c1-8-21-16-14(10-9-11-15(16)20-7)12-19-18(5,6)13-17(2,3)4/h9-11,19H,8,12-13H2,1-7H3/p+1. The molecule has 0 aromatic heterocycles. The molecule has 0 saturated carbocycles. The molecule has 1 rings (SSSR count). The number of ether oxygens (including phenoxy) is 2. The molecule has 0 aliphatic carbocycles. The Hall–Kier alpha value is -1.22. The van der Waals surface area contributed by atoms with Gasteiger partial charge in [-0.15, -0.1) is 0 Å². The van der Waals surface area contributed by atoms with Crippen molar-refractivity contribution >= 4 is 0 Å². The van der Waals surface area contributed by atoms with Crippen LogP contribution < -0.4 is 14.8 Å². The topological polar surface area (TPSA) is 35.1 Å². The molecule has 0 aliphatic rings. The highest BCUT2D eigenvalue weighted by molar-refractivity contribution is 5.46. The fourth-order valence-corrected chi connectivity index (χ4v) is 3.02. The first-order chi connectivity index (χ1) is 9.68. The number of hydrogen-bond acceptors (Lipinski definition) is 2. The maximum atomic E-state index is 5.78. The van der Waals surface area contributed by atoms with Gasteiger partial charge in [0, 0.05) is 6.42 Å². The number of quaternary nitrogens is 1. The van der Waals surface area contributed by atoms with Crippen molar-refractivity contribution in [2.24, 2.45) is 5.41 Å². The van der Waals surface area contributed by atoms with Crippen molar-refractivity contribution in [3.8, 4) is 11.5 Å². The zero-order chi connectivity index (χ0) is 16.1. The summed E-state index contributed by atoms with van der Waals surface area (Å²) >= 11 is 0. The van der Waals surface area contributed by atoms with Crippen molar-refractivity contribution in [2.45, 2.75) is 60.0 Å². The second-order valence-electron chi connectivity index (χ2n) is 7.52. The van der Waals surface area contributed by atoms with E-state index in [4.69, 9.17) is 9.47 Å². The van der Waals surface area contributed by atoms with Crippen molar-refractivity contribution in [2.75, 3.05) is 13.7 Å². The van der Waals surface area contributed by atoms with E-state index in [-0.39, 0.29) is 5.54 Å². The highest BCUT2D eigenvalue weighted by atomic mass is 16.5. The molecule has 120 valence electrons. The van der Waals surface area contributed by atoms with E-state index in [1.165, 1.54) is 5.56 Å². The molecule has 0 amide bonds. The quantitative estimate of drug-likeness (QED) is 0.837. The highest BCUT2D eigenvalue weighted by Crippen LogP contribution is 2.31. The Morgan fingerprint density at radius 3 is 2.29 bits per heavy atom. The second-order valence-corrected chi connectivity index (χ2v) is 7.52. The van der Waals surface area contributed by atoms with E-state index in [1.54, 1.807) is 7.11 Å². The Kier molecular flexibility index (Phi) is 6.09. The third kappa shape index (κ3) is 5.96. The Balaban J connectivity index is 2.83. The molecule has 0 atom stereocenters. The fraction of sp³-hybridized carbons (Fsp3) is 0.667. The third-order valence-corrected chi connectivity index (χ3v) is 3.43. The third-order valence-electron chi connectivity index (χ3n) is 3.43. The molecule has 2 N–H and O–H groups in total. The van der Waals surface area contributed by atoms with Gasteiger partial charge >= 0.3 is 0 Å². The van der Waals surface area contributed by atoms with Gasteiger partial charge in [-0.25, -0.2) is 0 Å². The first-order valence-corrected chi connectivity index (χ1v) is 7.81. The van der Waals surface area contributed by atoms with Crippen LogP contribution in [-0.4, -0.2) is 19.3 Å². The lowest BCUT2D eigenvalue weighted by Crippen LogP contribution is -2.94. The Morgan fingerprint density at radius 1 is 1.10 bits per heavy atom. The molecule has 0 heterocycles. The van der Waals surface area contributed by atoms with E-state index in [9.17, 15) is 0 Å². The molecular weight excluding hydrogens is 262 g/mol. The number of hydrogen-bond donors (Lipinski definition) is 1. The second kappa shape index (κ2) is 7.17. The summed E-state index contributed by atoms with van der Waals surface area (Å²) in [7, 11) is 1.69. The Bertz CT molecular complexity index is 447. The first-order valence-electron chi connectivity index (χ1n) is 7.81. The summed E-state index contributed by atoms with van der Waals surface area (Å²) in [6, 6.07) is 6.10. The average Bonchev–Trinajstić information content (AvgIpc) is 2.35. The zero-order valence-electron chi connectivity index (χ0n) is 14.7. The highest BCUT2D eigenvalue weighted by Gasteiger charge is 2.28. The minimum absolute atomic E-state index is 0.199. The molecule has 1 aromatic rings. The van der Waals surface area contributed by atoms with Crippen LogP contribution in [0.2, 0.25) is 0 Å². The van der Waals surface area contributed by atoms with Crippen LogP contribution in [0.4, 0.5) is 0 Å². The largest absolute Gasteiger partial charge is 0.493 e. The summed E-state index contributed by atoms with van der Waals surface area (Å²) in [6.45, 7) is 15.0. The zero-order valence-corrected chi connectivity index (χ0v) is 14.7. The molecule has 0 aliphatic heterocycles. The van der Waals surface area contributed by atoms with Gasteiger partial charge < -0.3 is 14.8 Å². The van der Waals surface area contributed by atoms with Crippen molar-refractivity contribution in [1.82, 2.24) is 0 Å². The van der Waals surface area contributed by atoms with Crippen molar-refractivity contribution < 1.29 is 14.8 Å². The van der Waals surface area contributed by atoms with Crippen LogP contribution in [0.1, 0.15) is 53.5 Å². The van der Waals surface area contributed by atoms with Gasteiger partial charge in [0.25, 0.3) is 0 Å².